The normalized spacial score (nSPS) is 10.9. The summed E-state index contributed by atoms with van der Waals surface area (Å²) in [5.41, 5.74) is 4.27. The van der Waals surface area contributed by atoms with Gasteiger partial charge in [-0.15, -0.1) is 10.2 Å². The SMILES string of the molecule is COc1ccc(/C=N\Nc2nnc(SCC(=O)c3ccccc3)n2N)cc1. The second-order valence-corrected chi connectivity index (χ2v) is 6.34. The predicted molar refractivity (Wildman–Crippen MR) is 106 cm³/mol. The fourth-order valence-electron chi connectivity index (χ4n) is 2.14. The molecule has 0 aliphatic rings. The van der Waals surface area contributed by atoms with Crippen LogP contribution in [0.1, 0.15) is 15.9 Å². The van der Waals surface area contributed by atoms with Crippen LogP contribution in [0.25, 0.3) is 0 Å². The second kappa shape index (κ2) is 8.86. The van der Waals surface area contributed by atoms with Crippen molar-refractivity contribution in [2.75, 3.05) is 24.1 Å². The first-order valence-electron chi connectivity index (χ1n) is 8.02. The van der Waals surface area contributed by atoms with Crippen molar-refractivity contribution in [2.24, 2.45) is 5.10 Å². The Labute approximate surface area is 160 Å². The quantitative estimate of drug-likeness (QED) is 0.202. The molecule has 1 aromatic heterocycles. The van der Waals surface area contributed by atoms with Gasteiger partial charge in [-0.2, -0.15) is 5.10 Å². The standard InChI is InChI=1S/C18H18N6O2S/c1-26-15-9-7-13(8-10-15)11-20-21-17-22-23-18(24(17)19)27-12-16(25)14-5-3-2-4-6-14/h2-11H,12,19H2,1H3,(H,21,22)/b20-11-. The van der Waals surface area contributed by atoms with Gasteiger partial charge in [0.1, 0.15) is 5.75 Å². The maximum atomic E-state index is 12.1. The number of Topliss-reactive ketones (excluding diaryl/α,β-unsaturated/α-hetero) is 1. The Hall–Kier alpha value is -3.33. The van der Waals surface area contributed by atoms with Gasteiger partial charge in [0, 0.05) is 5.56 Å². The Morgan fingerprint density at radius 1 is 1.22 bits per heavy atom. The first-order valence-corrected chi connectivity index (χ1v) is 9.00. The minimum atomic E-state index is -0.00404. The third-order valence-electron chi connectivity index (χ3n) is 3.59. The number of nitrogens with zero attached hydrogens (tertiary/aromatic N) is 4. The van der Waals surface area contributed by atoms with E-state index in [4.69, 9.17) is 10.6 Å². The van der Waals surface area contributed by atoms with Crippen molar-refractivity contribution in [1.82, 2.24) is 14.9 Å². The third-order valence-corrected chi connectivity index (χ3v) is 4.53. The Kier molecular flexibility index (Phi) is 6.06. The average molecular weight is 382 g/mol. The molecule has 3 aromatic rings. The summed E-state index contributed by atoms with van der Waals surface area (Å²) in [5, 5.41) is 12.4. The summed E-state index contributed by atoms with van der Waals surface area (Å²) in [5.74, 6) is 7.21. The van der Waals surface area contributed by atoms with Gasteiger partial charge in [-0.05, 0) is 29.8 Å². The number of rotatable bonds is 8. The smallest absolute Gasteiger partial charge is 0.264 e. The Morgan fingerprint density at radius 2 is 1.96 bits per heavy atom. The lowest BCUT2D eigenvalue weighted by Crippen LogP contribution is -2.14. The number of hydrogen-bond donors (Lipinski definition) is 2. The Morgan fingerprint density at radius 3 is 2.67 bits per heavy atom. The molecule has 3 N–H and O–H groups in total. The number of ether oxygens (including phenoxy) is 1. The number of nitrogen functional groups attached to an aromatic ring is 1. The molecular formula is C18H18N6O2S. The number of ketones is 1. The summed E-state index contributed by atoms with van der Waals surface area (Å²) in [6.07, 6.45) is 1.62. The highest BCUT2D eigenvalue weighted by molar-refractivity contribution is 7.99. The van der Waals surface area contributed by atoms with Crippen LogP contribution in [0.4, 0.5) is 5.95 Å². The largest absolute Gasteiger partial charge is 0.497 e. The summed E-state index contributed by atoms with van der Waals surface area (Å²) in [7, 11) is 1.61. The maximum absolute atomic E-state index is 12.1. The zero-order valence-corrected chi connectivity index (χ0v) is 15.4. The maximum Gasteiger partial charge on any atom is 0.264 e. The van der Waals surface area contributed by atoms with Crippen LogP contribution in [-0.4, -0.2) is 39.7 Å². The minimum absolute atomic E-state index is 0.00404. The van der Waals surface area contributed by atoms with Crippen molar-refractivity contribution in [1.29, 1.82) is 0 Å². The summed E-state index contributed by atoms with van der Waals surface area (Å²) in [6, 6.07) is 16.5. The molecule has 0 aliphatic heterocycles. The van der Waals surface area contributed by atoms with Gasteiger partial charge in [0.15, 0.2) is 5.78 Å². The van der Waals surface area contributed by atoms with Crippen molar-refractivity contribution in [3.63, 3.8) is 0 Å². The lowest BCUT2D eigenvalue weighted by atomic mass is 10.2. The number of carbonyl (C=O) groups excluding carboxylic acids is 1. The molecule has 138 valence electrons. The monoisotopic (exact) mass is 382 g/mol. The number of methoxy groups -OCH3 is 1. The van der Waals surface area contributed by atoms with Gasteiger partial charge in [0.2, 0.25) is 5.16 Å². The van der Waals surface area contributed by atoms with Crippen LogP contribution in [0.3, 0.4) is 0 Å². The highest BCUT2D eigenvalue weighted by Crippen LogP contribution is 2.18. The van der Waals surface area contributed by atoms with E-state index in [0.29, 0.717) is 10.7 Å². The topological polar surface area (TPSA) is 107 Å². The van der Waals surface area contributed by atoms with Crippen molar-refractivity contribution >= 4 is 29.7 Å². The van der Waals surface area contributed by atoms with Gasteiger partial charge in [0.05, 0.1) is 19.1 Å². The Balaban J connectivity index is 1.56. The van der Waals surface area contributed by atoms with Crippen LogP contribution in [-0.2, 0) is 0 Å². The number of anilines is 1. The van der Waals surface area contributed by atoms with E-state index >= 15 is 0 Å². The van der Waals surface area contributed by atoms with Crippen LogP contribution >= 0.6 is 11.8 Å². The number of hydrazone groups is 1. The van der Waals surface area contributed by atoms with Gasteiger partial charge in [-0.1, -0.05) is 42.1 Å². The van der Waals surface area contributed by atoms with Gasteiger partial charge >= 0.3 is 0 Å². The van der Waals surface area contributed by atoms with Crippen molar-refractivity contribution < 1.29 is 9.53 Å². The molecule has 0 unspecified atom stereocenters. The summed E-state index contributed by atoms with van der Waals surface area (Å²) in [4.78, 5) is 12.1. The summed E-state index contributed by atoms with van der Waals surface area (Å²) < 4.78 is 6.36. The zero-order chi connectivity index (χ0) is 19.1. The number of nitrogens with two attached hydrogens (primary N) is 1. The van der Waals surface area contributed by atoms with E-state index in [-0.39, 0.29) is 17.5 Å². The molecule has 2 aromatic carbocycles. The second-order valence-electron chi connectivity index (χ2n) is 5.40. The van der Waals surface area contributed by atoms with E-state index in [1.54, 1.807) is 25.5 Å². The zero-order valence-electron chi connectivity index (χ0n) is 14.6. The molecule has 8 nitrogen and oxygen atoms in total. The van der Waals surface area contributed by atoms with Crippen molar-refractivity contribution in [3.8, 4) is 5.75 Å². The van der Waals surface area contributed by atoms with E-state index in [0.717, 1.165) is 11.3 Å². The highest BCUT2D eigenvalue weighted by atomic mass is 32.2. The number of nitrogens with one attached hydrogen (secondary N) is 1. The van der Waals surface area contributed by atoms with E-state index in [2.05, 4.69) is 20.7 Å². The van der Waals surface area contributed by atoms with Crippen LogP contribution in [0.2, 0.25) is 0 Å². The average Bonchev–Trinajstić information content (AvgIpc) is 3.07. The molecule has 0 radical (unpaired) electrons. The molecule has 0 bridgehead atoms. The fraction of sp³-hybridized carbons (Fsp3) is 0.111. The molecule has 0 saturated heterocycles. The Bertz CT molecular complexity index is 925. The first-order chi connectivity index (χ1) is 13.2. The number of hydrogen-bond acceptors (Lipinski definition) is 8. The number of carbonyl (C=O) groups is 1. The van der Waals surface area contributed by atoms with Gasteiger partial charge in [-0.3, -0.25) is 4.79 Å². The predicted octanol–water partition coefficient (Wildman–Crippen LogP) is 2.42. The number of benzene rings is 2. The van der Waals surface area contributed by atoms with E-state index < -0.39 is 0 Å². The lowest BCUT2D eigenvalue weighted by molar-refractivity contribution is 0.102. The van der Waals surface area contributed by atoms with Crippen LogP contribution < -0.4 is 16.0 Å². The van der Waals surface area contributed by atoms with Gasteiger partial charge in [-0.25, -0.2) is 10.1 Å². The lowest BCUT2D eigenvalue weighted by Gasteiger charge is -2.03. The van der Waals surface area contributed by atoms with E-state index in [9.17, 15) is 4.79 Å². The third kappa shape index (κ3) is 4.85. The molecule has 0 amide bonds. The van der Waals surface area contributed by atoms with Crippen molar-refractivity contribution in [2.45, 2.75) is 5.16 Å². The highest BCUT2D eigenvalue weighted by Gasteiger charge is 2.12. The molecule has 0 atom stereocenters. The molecular weight excluding hydrogens is 364 g/mol. The minimum Gasteiger partial charge on any atom is -0.497 e. The van der Waals surface area contributed by atoms with E-state index in [1.807, 2.05) is 42.5 Å². The number of aromatic nitrogens is 3. The summed E-state index contributed by atoms with van der Waals surface area (Å²) >= 11 is 1.21. The fourth-order valence-corrected chi connectivity index (χ4v) is 2.89. The van der Waals surface area contributed by atoms with Gasteiger partial charge < -0.3 is 10.6 Å². The molecule has 3 rings (SSSR count). The number of thioether (sulfide) groups is 1. The van der Waals surface area contributed by atoms with Crippen molar-refractivity contribution in [3.05, 3.63) is 65.7 Å². The van der Waals surface area contributed by atoms with Crippen LogP contribution in [0.15, 0.2) is 64.9 Å². The first kappa shape index (κ1) is 18.5. The molecule has 9 heteroatoms. The molecule has 27 heavy (non-hydrogen) atoms. The molecule has 0 aliphatic carbocycles. The van der Waals surface area contributed by atoms with Crippen LogP contribution in [0, 0.1) is 0 Å². The molecule has 0 spiro atoms. The van der Waals surface area contributed by atoms with E-state index in [1.165, 1.54) is 16.4 Å². The molecule has 0 fully saturated rings. The molecule has 1 heterocycles. The van der Waals surface area contributed by atoms with Crippen LogP contribution in [0.5, 0.6) is 5.75 Å². The summed E-state index contributed by atoms with van der Waals surface area (Å²) in [6.45, 7) is 0. The molecule has 0 saturated carbocycles. The van der Waals surface area contributed by atoms with Gasteiger partial charge in [0.25, 0.3) is 5.95 Å².